The number of alkyl halides is 2. The minimum Gasteiger partial charge on any atom is -0.457 e. The summed E-state index contributed by atoms with van der Waals surface area (Å²) in [5, 5.41) is 11.3. The van der Waals surface area contributed by atoms with E-state index < -0.39 is 12.2 Å². The lowest BCUT2D eigenvalue weighted by atomic mass is 10.00. The SMILES string of the molecule is CN(C(/C=C/Cl)=C/C=C/Cl)C(O)c1ccc(Oc2ccc(Cl)cc2)cc1C(C)(F)F. The zero-order valence-corrected chi connectivity index (χ0v) is 18.5. The van der Waals surface area contributed by atoms with Gasteiger partial charge in [-0.3, -0.25) is 0 Å². The largest absolute Gasteiger partial charge is 0.457 e. The van der Waals surface area contributed by atoms with Crippen LogP contribution >= 0.6 is 34.8 Å². The lowest BCUT2D eigenvalue weighted by Crippen LogP contribution is -2.26. The molecule has 3 nitrogen and oxygen atoms in total. The first kappa shape index (κ1) is 24.2. The van der Waals surface area contributed by atoms with Gasteiger partial charge in [0.25, 0.3) is 5.92 Å². The minimum atomic E-state index is -3.22. The van der Waals surface area contributed by atoms with Gasteiger partial charge in [-0.2, -0.15) is 0 Å². The van der Waals surface area contributed by atoms with Gasteiger partial charge >= 0.3 is 0 Å². The lowest BCUT2D eigenvalue weighted by molar-refractivity contribution is 0.00380. The second-order valence-electron chi connectivity index (χ2n) is 6.38. The van der Waals surface area contributed by atoms with Crippen molar-refractivity contribution < 1.29 is 18.6 Å². The van der Waals surface area contributed by atoms with Crippen LogP contribution in [0.15, 0.2) is 77.5 Å². The second kappa shape index (κ2) is 10.8. The van der Waals surface area contributed by atoms with Gasteiger partial charge in [0.2, 0.25) is 0 Å². The van der Waals surface area contributed by atoms with Gasteiger partial charge in [0.1, 0.15) is 11.5 Å². The van der Waals surface area contributed by atoms with Gasteiger partial charge in [-0.25, -0.2) is 8.78 Å². The average Bonchev–Trinajstić information content (AvgIpc) is 2.71. The summed E-state index contributed by atoms with van der Waals surface area (Å²) >= 11 is 17.0. The summed E-state index contributed by atoms with van der Waals surface area (Å²) in [7, 11) is 1.55. The molecule has 0 aliphatic rings. The highest BCUT2D eigenvalue weighted by molar-refractivity contribution is 6.30. The van der Waals surface area contributed by atoms with Crippen LogP contribution in [0.25, 0.3) is 0 Å². The lowest BCUT2D eigenvalue weighted by Gasteiger charge is -2.29. The van der Waals surface area contributed by atoms with Crippen LogP contribution < -0.4 is 4.74 Å². The highest BCUT2D eigenvalue weighted by atomic mass is 35.5. The molecular weight excluding hydrogens is 455 g/mol. The smallest absolute Gasteiger partial charge is 0.271 e. The number of hydrogen-bond donors (Lipinski definition) is 1. The van der Waals surface area contributed by atoms with Crippen LogP contribution in [0.3, 0.4) is 0 Å². The number of hydrogen-bond acceptors (Lipinski definition) is 3. The van der Waals surface area contributed by atoms with Crippen molar-refractivity contribution >= 4 is 34.8 Å². The molecule has 0 amide bonds. The molecule has 1 unspecified atom stereocenters. The summed E-state index contributed by atoms with van der Waals surface area (Å²) in [4.78, 5) is 1.39. The molecule has 1 N–H and O–H groups in total. The highest BCUT2D eigenvalue weighted by Crippen LogP contribution is 2.38. The van der Waals surface area contributed by atoms with Crippen LogP contribution in [0.1, 0.15) is 24.3 Å². The second-order valence-corrected chi connectivity index (χ2v) is 7.32. The molecule has 160 valence electrons. The highest BCUT2D eigenvalue weighted by Gasteiger charge is 2.32. The maximum atomic E-state index is 14.4. The van der Waals surface area contributed by atoms with Crippen LogP contribution in [-0.4, -0.2) is 17.1 Å². The Morgan fingerprint density at radius 2 is 1.73 bits per heavy atom. The third-order valence-corrected chi connectivity index (χ3v) is 4.70. The molecule has 0 saturated carbocycles. The summed E-state index contributed by atoms with van der Waals surface area (Å²) in [6, 6.07) is 10.6. The number of rotatable bonds is 8. The molecule has 2 rings (SSSR count). The molecule has 0 aliphatic carbocycles. The third-order valence-electron chi connectivity index (χ3n) is 4.17. The van der Waals surface area contributed by atoms with Crippen LogP contribution in [-0.2, 0) is 5.92 Å². The predicted octanol–water partition coefficient (Wildman–Crippen LogP) is 7.56. The maximum Gasteiger partial charge on any atom is 0.271 e. The van der Waals surface area contributed by atoms with E-state index in [1.54, 1.807) is 37.4 Å². The standard InChI is InChI=1S/C22H20Cl3F2NO2/c1-22(26,27)20-14-18(30-17-7-5-15(25)6-8-17)9-10-19(20)21(29)28(2)16(11-13-24)4-3-12-23/h3-14,21,29H,1-2H3/b12-3+,13-11+,16-4+. The molecule has 0 bridgehead atoms. The van der Waals surface area contributed by atoms with Gasteiger partial charge in [0, 0.05) is 46.9 Å². The van der Waals surface area contributed by atoms with E-state index in [2.05, 4.69) is 0 Å². The van der Waals surface area contributed by atoms with Gasteiger partial charge in [0.15, 0.2) is 6.23 Å². The van der Waals surface area contributed by atoms with Gasteiger partial charge in [-0.1, -0.05) is 40.9 Å². The summed E-state index contributed by atoms with van der Waals surface area (Å²) in [6.07, 6.45) is 3.23. The zero-order chi connectivity index (χ0) is 22.3. The van der Waals surface area contributed by atoms with Crippen molar-refractivity contribution in [3.63, 3.8) is 0 Å². The normalized spacial score (nSPS) is 13.8. The summed E-state index contributed by atoms with van der Waals surface area (Å²) < 4.78 is 34.4. The van der Waals surface area contributed by atoms with Crippen LogP contribution in [0, 0.1) is 0 Å². The van der Waals surface area contributed by atoms with Gasteiger partial charge in [0.05, 0.1) is 0 Å². The Labute approximate surface area is 189 Å². The Balaban J connectivity index is 2.42. The van der Waals surface area contributed by atoms with Gasteiger partial charge in [-0.15, -0.1) is 0 Å². The van der Waals surface area contributed by atoms with Crippen molar-refractivity contribution in [1.82, 2.24) is 4.90 Å². The van der Waals surface area contributed by atoms with E-state index >= 15 is 0 Å². The van der Waals surface area contributed by atoms with Crippen LogP contribution in [0.5, 0.6) is 11.5 Å². The van der Waals surface area contributed by atoms with Gasteiger partial charge in [-0.05, 0) is 54.6 Å². The molecule has 0 heterocycles. The fourth-order valence-corrected chi connectivity index (χ4v) is 3.01. The van der Waals surface area contributed by atoms with E-state index in [1.165, 1.54) is 46.3 Å². The first-order valence-corrected chi connectivity index (χ1v) is 10.0. The number of aliphatic hydroxyl groups excluding tert-OH is 1. The molecule has 0 fully saturated rings. The van der Waals surface area contributed by atoms with E-state index in [1.807, 2.05) is 0 Å². The maximum absolute atomic E-state index is 14.4. The van der Waals surface area contributed by atoms with Crippen molar-refractivity contribution in [2.24, 2.45) is 0 Å². The number of aliphatic hydroxyl groups is 1. The first-order valence-electron chi connectivity index (χ1n) is 8.77. The summed E-state index contributed by atoms with van der Waals surface area (Å²) in [5.41, 5.74) is 2.64. The first-order chi connectivity index (χ1) is 14.2. The molecule has 2 aromatic carbocycles. The topological polar surface area (TPSA) is 32.7 Å². The Kier molecular flexibility index (Phi) is 8.74. The quantitative estimate of drug-likeness (QED) is 0.316. The van der Waals surface area contributed by atoms with Crippen molar-refractivity contribution in [3.05, 3.63) is 93.6 Å². The molecule has 1 atom stereocenters. The number of nitrogens with zero attached hydrogens (tertiary/aromatic N) is 1. The molecule has 0 aliphatic heterocycles. The Morgan fingerprint density at radius 1 is 1.10 bits per heavy atom. The Morgan fingerprint density at radius 3 is 2.30 bits per heavy atom. The van der Waals surface area contributed by atoms with E-state index in [9.17, 15) is 13.9 Å². The number of ether oxygens (including phenoxy) is 1. The number of likely N-dealkylation sites (N-methyl/N-ethyl adjacent to an activating group) is 1. The molecule has 0 aromatic heterocycles. The molecule has 8 heteroatoms. The zero-order valence-electron chi connectivity index (χ0n) is 16.2. The minimum absolute atomic E-state index is 0.0252. The Hall–Kier alpha value is -2.05. The number of halogens is 5. The summed E-state index contributed by atoms with van der Waals surface area (Å²) in [5.74, 6) is -2.58. The number of benzene rings is 2. The van der Waals surface area contributed by atoms with Crippen molar-refractivity contribution in [2.75, 3.05) is 7.05 Å². The Bertz CT molecular complexity index is 938. The van der Waals surface area contributed by atoms with E-state index in [0.717, 1.165) is 6.92 Å². The average molecular weight is 475 g/mol. The van der Waals surface area contributed by atoms with E-state index in [4.69, 9.17) is 39.5 Å². The molecular formula is C22H20Cl3F2NO2. The van der Waals surface area contributed by atoms with Crippen LogP contribution in [0.4, 0.5) is 8.78 Å². The van der Waals surface area contributed by atoms with E-state index in [-0.39, 0.29) is 16.9 Å². The fourth-order valence-electron chi connectivity index (χ4n) is 2.68. The summed E-state index contributed by atoms with van der Waals surface area (Å²) in [6.45, 7) is 0.760. The predicted molar refractivity (Wildman–Crippen MR) is 118 cm³/mol. The monoisotopic (exact) mass is 473 g/mol. The van der Waals surface area contributed by atoms with E-state index in [0.29, 0.717) is 16.5 Å². The van der Waals surface area contributed by atoms with Crippen molar-refractivity contribution in [3.8, 4) is 11.5 Å². The molecule has 0 radical (unpaired) electrons. The molecule has 2 aromatic rings. The van der Waals surface area contributed by atoms with Crippen molar-refractivity contribution in [1.29, 1.82) is 0 Å². The molecule has 0 saturated heterocycles. The molecule has 0 spiro atoms. The third kappa shape index (κ3) is 6.47. The van der Waals surface area contributed by atoms with Gasteiger partial charge < -0.3 is 14.7 Å². The van der Waals surface area contributed by atoms with Crippen molar-refractivity contribution in [2.45, 2.75) is 19.1 Å². The molecule has 30 heavy (non-hydrogen) atoms. The fraction of sp³-hybridized carbons (Fsp3) is 0.182. The number of allylic oxidation sites excluding steroid dienone is 3. The van der Waals surface area contributed by atoms with Crippen LogP contribution in [0.2, 0.25) is 5.02 Å².